The Morgan fingerprint density at radius 3 is 2.42 bits per heavy atom. The van der Waals surface area contributed by atoms with Crippen molar-refractivity contribution in [2.24, 2.45) is 0 Å². The number of rotatable bonds is 7. The molecule has 0 aliphatic heterocycles. The number of hydrogen-bond donors (Lipinski definition) is 2. The van der Waals surface area contributed by atoms with E-state index in [9.17, 15) is 19.7 Å². The van der Waals surface area contributed by atoms with Crippen LogP contribution in [-0.4, -0.2) is 32.6 Å². The van der Waals surface area contributed by atoms with E-state index in [0.29, 0.717) is 12.1 Å². The van der Waals surface area contributed by atoms with Crippen LogP contribution in [0.3, 0.4) is 0 Å². The van der Waals surface area contributed by atoms with Crippen LogP contribution in [0.2, 0.25) is 0 Å². The molecule has 4 rings (SSSR count). The van der Waals surface area contributed by atoms with Gasteiger partial charge in [0.1, 0.15) is 0 Å². The van der Waals surface area contributed by atoms with Gasteiger partial charge in [-0.3, -0.25) is 20.2 Å². The number of carbonyl (C=O) groups is 2. The summed E-state index contributed by atoms with van der Waals surface area (Å²) in [6.07, 6.45) is 0.759. The Morgan fingerprint density at radius 2 is 1.73 bits per heavy atom. The molecule has 1 atom stereocenters. The Labute approximate surface area is 189 Å². The van der Waals surface area contributed by atoms with Crippen molar-refractivity contribution in [1.29, 1.82) is 0 Å². The van der Waals surface area contributed by atoms with E-state index in [0.717, 1.165) is 27.6 Å². The lowest BCUT2D eigenvalue weighted by Gasteiger charge is -2.12. The highest BCUT2D eigenvalue weighted by Gasteiger charge is 2.17. The van der Waals surface area contributed by atoms with Gasteiger partial charge in [-0.15, -0.1) is 0 Å². The number of nitrogens with zero attached hydrogens (tertiary/aromatic N) is 2. The standard InChI is InChI=1S/C25H21N3O5/c1-16(28(32)33)26-24(29)20-10-11-23-19(14-20)12-13-27(23)15-21-4-2-3-5-22(21)17-6-8-18(9-7-17)25(30)31/h2-14,16H,15H2,1H3,(H,26,29)(H,30,31). The Morgan fingerprint density at radius 1 is 1.03 bits per heavy atom. The highest BCUT2D eigenvalue weighted by Crippen LogP contribution is 2.27. The van der Waals surface area contributed by atoms with Gasteiger partial charge in [-0.2, -0.15) is 0 Å². The lowest BCUT2D eigenvalue weighted by atomic mass is 9.98. The molecule has 2 N–H and O–H groups in total. The number of nitrogens with one attached hydrogen (secondary N) is 1. The number of carboxylic acid groups (broad SMARTS) is 1. The number of hydrogen-bond acceptors (Lipinski definition) is 4. The van der Waals surface area contributed by atoms with E-state index in [4.69, 9.17) is 5.11 Å². The molecule has 0 bridgehead atoms. The Balaban J connectivity index is 1.61. The van der Waals surface area contributed by atoms with Crippen molar-refractivity contribution in [3.63, 3.8) is 0 Å². The van der Waals surface area contributed by atoms with Crippen LogP contribution in [0.4, 0.5) is 0 Å². The monoisotopic (exact) mass is 443 g/mol. The van der Waals surface area contributed by atoms with Crippen molar-refractivity contribution < 1.29 is 19.6 Å². The van der Waals surface area contributed by atoms with Crippen molar-refractivity contribution in [3.8, 4) is 11.1 Å². The average Bonchev–Trinajstić information content (AvgIpc) is 3.21. The maximum absolute atomic E-state index is 12.3. The molecule has 8 nitrogen and oxygen atoms in total. The lowest BCUT2D eigenvalue weighted by Crippen LogP contribution is -2.38. The van der Waals surface area contributed by atoms with Gasteiger partial charge in [0.2, 0.25) is 0 Å². The minimum absolute atomic E-state index is 0.236. The van der Waals surface area contributed by atoms with Crippen LogP contribution in [-0.2, 0) is 6.54 Å². The van der Waals surface area contributed by atoms with E-state index in [1.165, 1.54) is 6.92 Å². The summed E-state index contributed by atoms with van der Waals surface area (Å²) in [6, 6.07) is 21.8. The fraction of sp³-hybridized carbons (Fsp3) is 0.120. The van der Waals surface area contributed by atoms with Gasteiger partial charge in [-0.05, 0) is 53.1 Å². The Kier molecular flexibility index (Phi) is 5.91. The first-order chi connectivity index (χ1) is 15.8. The maximum Gasteiger partial charge on any atom is 0.335 e. The molecule has 3 aromatic carbocycles. The van der Waals surface area contributed by atoms with Gasteiger partial charge in [-0.1, -0.05) is 36.4 Å². The summed E-state index contributed by atoms with van der Waals surface area (Å²) in [4.78, 5) is 33.7. The summed E-state index contributed by atoms with van der Waals surface area (Å²) in [5, 5.41) is 23.1. The molecule has 8 heteroatoms. The van der Waals surface area contributed by atoms with Gasteiger partial charge in [0.25, 0.3) is 12.1 Å². The summed E-state index contributed by atoms with van der Waals surface area (Å²) in [5.74, 6) is -1.46. The van der Waals surface area contributed by atoms with Gasteiger partial charge >= 0.3 is 5.97 Å². The van der Waals surface area contributed by atoms with E-state index in [-0.39, 0.29) is 5.56 Å². The van der Waals surface area contributed by atoms with Crippen molar-refractivity contribution >= 4 is 22.8 Å². The number of amides is 1. The largest absolute Gasteiger partial charge is 0.478 e. The van der Waals surface area contributed by atoms with E-state index < -0.39 is 23.0 Å². The molecule has 0 aliphatic carbocycles. The smallest absolute Gasteiger partial charge is 0.335 e. The van der Waals surface area contributed by atoms with Gasteiger partial charge in [0.15, 0.2) is 0 Å². The SMILES string of the molecule is CC(NC(=O)c1ccc2c(ccn2Cc2ccccc2-c2ccc(C(=O)O)cc2)c1)[N+](=O)[O-]. The first-order valence-corrected chi connectivity index (χ1v) is 10.3. The summed E-state index contributed by atoms with van der Waals surface area (Å²) in [6.45, 7) is 1.89. The fourth-order valence-electron chi connectivity index (χ4n) is 3.72. The first kappa shape index (κ1) is 21.8. The zero-order chi connectivity index (χ0) is 23.5. The fourth-order valence-corrected chi connectivity index (χ4v) is 3.72. The zero-order valence-corrected chi connectivity index (χ0v) is 17.8. The number of nitro groups is 1. The van der Waals surface area contributed by atoms with Crippen LogP contribution in [0.25, 0.3) is 22.0 Å². The van der Waals surface area contributed by atoms with Gasteiger partial charge in [0, 0.05) is 41.1 Å². The second-order valence-corrected chi connectivity index (χ2v) is 7.69. The summed E-state index contributed by atoms with van der Waals surface area (Å²) >= 11 is 0. The first-order valence-electron chi connectivity index (χ1n) is 10.3. The van der Waals surface area contributed by atoms with Crippen molar-refractivity contribution in [2.75, 3.05) is 0 Å². The highest BCUT2D eigenvalue weighted by atomic mass is 16.6. The highest BCUT2D eigenvalue weighted by molar-refractivity contribution is 5.98. The van der Waals surface area contributed by atoms with Gasteiger partial charge in [0.05, 0.1) is 5.56 Å². The van der Waals surface area contributed by atoms with E-state index in [1.807, 2.05) is 42.6 Å². The minimum atomic E-state index is -1.17. The second kappa shape index (κ2) is 8.96. The van der Waals surface area contributed by atoms with E-state index >= 15 is 0 Å². The van der Waals surface area contributed by atoms with Gasteiger partial charge < -0.3 is 9.67 Å². The topological polar surface area (TPSA) is 114 Å². The van der Waals surface area contributed by atoms with Gasteiger partial charge in [-0.25, -0.2) is 4.79 Å². The molecule has 0 saturated heterocycles. The third kappa shape index (κ3) is 4.59. The molecule has 0 radical (unpaired) electrons. The Bertz CT molecular complexity index is 1360. The third-order valence-corrected chi connectivity index (χ3v) is 5.49. The number of carboxylic acids is 1. The maximum atomic E-state index is 12.3. The number of fused-ring (bicyclic) bond motifs is 1. The molecule has 0 saturated carbocycles. The molecule has 166 valence electrons. The summed E-state index contributed by atoms with van der Waals surface area (Å²) < 4.78 is 2.06. The van der Waals surface area contributed by atoms with Crippen LogP contribution < -0.4 is 5.32 Å². The number of benzene rings is 3. The molecule has 0 aliphatic rings. The number of carbonyl (C=O) groups excluding carboxylic acids is 1. The summed E-state index contributed by atoms with van der Waals surface area (Å²) in [5.41, 5.74) is 4.49. The van der Waals surface area contributed by atoms with Crippen molar-refractivity contribution in [3.05, 3.63) is 106 Å². The zero-order valence-electron chi connectivity index (χ0n) is 17.8. The minimum Gasteiger partial charge on any atom is -0.478 e. The molecule has 1 amide bonds. The van der Waals surface area contributed by atoms with Crippen LogP contribution in [0.1, 0.15) is 33.2 Å². The third-order valence-electron chi connectivity index (χ3n) is 5.49. The lowest BCUT2D eigenvalue weighted by molar-refractivity contribution is -0.522. The molecule has 1 aromatic heterocycles. The number of aromatic nitrogens is 1. The van der Waals surface area contributed by atoms with E-state index in [2.05, 4.69) is 9.88 Å². The molecule has 33 heavy (non-hydrogen) atoms. The van der Waals surface area contributed by atoms with Crippen LogP contribution >= 0.6 is 0 Å². The normalized spacial score (nSPS) is 11.8. The molecule has 4 aromatic rings. The Hall–Kier alpha value is -4.46. The second-order valence-electron chi connectivity index (χ2n) is 7.69. The quantitative estimate of drug-likeness (QED) is 0.249. The molecule has 0 fully saturated rings. The number of aromatic carboxylic acids is 1. The van der Waals surface area contributed by atoms with Crippen molar-refractivity contribution in [1.82, 2.24) is 9.88 Å². The molecule has 0 spiro atoms. The molecular weight excluding hydrogens is 422 g/mol. The van der Waals surface area contributed by atoms with Crippen LogP contribution in [0.15, 0.2) is 79.0 Å². The van der Waals surface area contributed by atoms with E-state index in [1.54, 1.807) is 36.4 Å². The van der Waals surface area contributed by atoms with Crippen LogP contribution in [0.5, 0.6) is 0 Å². The predicted molar refractivity (Wildman–Crippen MR) is 124 cm³/mol. The summed E-state index contributed by atoms with van der Waals surface area (Å²) in [7, 11) is 0. The predicted octanol–water partition coefficient (Wildman–Crippen LogP) is 4.41. The molecule has 1 heterocycles. The van der Waals surface area contributed by atoms with Crippen LogP contribution in [0, 0.1) is 10.1 Å². The molecule has 1 unspecified atom stereocenters. The molecular formula is C25H21N3O5. The average molecular weight is 443 g/mol. The van der Waals surface area contributed by atoms with Crippen molar-refractivity contribution in [2.45, 2.75) is 19.6 Å².